The maximum atomic E-state index is 11.9. The standard InChI is InChI=1S/C18H12O3/c19-15-9-10-18(20,14-7-3-2-6-13(14)15)17-11-12-5-1-4-8-16(12)21-17/h1-11,20H/t18-/m1/s1. The molecule has 0 spiro atoms. The Hall–Kier alpha value is -2.65. The average Bonchev–Trinajstić information content (AvgIpc) is 2.96. The summed E-state index contributed by atoms with van der Waals surface area (Å²) in [4.78, 5) is 11.9. The molecule has 102 valence electrons. The summed E-state index contributed by atoms with van der Waals surface area (Å²) in [5.74, 6) is 0.311. The maximum Gasteiger partial charge on any atom is 0.186 e. The van der Waals surface area contributed by atoms with Crippen molar-refractivity contribution in [3.8, 4) is 0 Å². The van der Waals surface area contributed by atoms with Crippen LogP contribution in [0.2, 0.25) is 0 Å². The Labute approximate surface area is 121 Å². The van der Waals surface area contributed by atoms with E-state index >= 15 is 0 Å². The van der Waals surface area contributed by atoms with Crippen LogP contribution in [-0.4, -0.2) is 10.9 Å². The lowest BCUT2D eigenvalue weighted by Crippen LogP contribution is -2.29. The summed E-state index contributed by atoms with van der Waals surface area (Å²) in [5.41, 5.74) is 0.354. The molecule has 1 N–H and O–H groups in total. The molecule has 0 fully saturated rings. The summed E-state index contributed by atoms with van der Waals surface area (Å²) in [6, 6.07) is 16.5. The van der Waals surface area contributed by atoms with E-state index in [-0.39, 0.29) is 5.78 Å². The number of benzene rings is 2. The smallest absolute Gasteiger partial charge is 0.186 e. The fourth-order valence-electron chi connectivity index (χ4n) is 2.79. The quantitative estimate of drug-likeness (QED) is 0.741. The van der Waals surface area contributed by atoms with Gasteiger partial charge < -0.3 is 9.52 Å². The highest BCUT2D eigenvalue weighted by Crippen LogP contribution is 2.38. The van der Waals surface area contributed by atoms with Crippen molar-refractivity contribution in [3.63, 3.8) is 0 Å². The highest BCUT2D eigenvalue weighted by molar-refractivity contribution is 6.07. The van der Waals surface area contributed by atoms with Crippen LogP contribution in [0.3, 0.4) is 0 Å². The molecule has 1 aromatic heterocycles. The summed E-state index contributed by atoms with van der Waals surface area (Å²) in [5, 5.41) is 12.0. The van der Waals surface area contributed by atoms with Crippen molar-refractivity contribution in [2.24, 2.45) is 0 Å². The summed E-state index contributed by atoms with van der Waals surface area (Å²) in [6.07, 6.45) is 2.89. The van der Waals surface area contributed by atoms with Crippen LogP contribution in [0.15, 0.2) is 71.2 Å². The normalized spacial score (nSPS) is 20.7. The Morgan fingerprint density at radius 3 is 2.62 bits per heavy atom. The minimum Gasteiger partial charge on any atom is -0.457 e. The van der Waals surface area contributed by atoms with Crippen LogP contribution in [0.5, 0.6) is 0 Å². The molecule has 1 aliphatic carbocycles. The van der Waals surface area contributed by atoms with Gasteiger partial charge in [0.2, 0.25) is 0 Å². The van der Waals surface area contributed by atoms with Gasteiger partial charge in [0.25, 0.3) is 0 Å². The van der Waals surface area contributed by atoms with Gasteiger partial charge >= 0.3 is 0 Å². The zero-order valence-corrected chi connectivity index (χ0v) is 11.1. The van der Waals surface area contributed by atoms with Gasteiger partial charge in [0.15, 0.2) is 11.4 Å². The van der Waals surface area contributed by atoms with Gasteiger partial charge in [-0.25, -0.2) is 0 Å². The van der Waals surface area contributed by atoms with Gasteiger partial charge in [-0.05, 0) is 24.3 Å². The van der Waals surface area contributed by atoms with Gasteiger partial charge in [0, 0.05) is 16.5 Å². The Morgan fingerprint density at radius 1 is 1.00 bits per heavy atom. The van der Waals surface area contributed by atoms with Crippen LogP contribution in [0.4, 0.5) is 0 Å². The Balaban J connectivity index is 1.98. The van der Waals surface area contributed by atoms with E-state index in [1.54, 1.807) is 24.3 Å². The molecular formula is C18H12O3. The molecule has 1 aliphatic rings. The molecule has 0 amide bonds. The molecule has 1 atom stereocenters. The second kappa shape index (κ2) is 4.17. The molecule has 3 aromatic rings. The third kappa shape index (κ3) is 1.68. The first-order chi connectivity index (χ1) is 10.2. The SMILES string of the molecule is O=C1C=C[C@](O)(c2cc3ccccc3o2)c2ccccc21. The Bertz CT molecular complexity index is 855. The number of ketones is 1. The number of carbonyl (C=O) groups is 1. The van der Waals surface area contributed by atoms with E-state index in [1.165, 1.54) is 12.2 Å². The van der Waals surface area contributed by atoms with Crippen molar-refractivity contribution in [2.45, 2.75) is 5.60 Å². The number of rotatable bonds is 1. The zero-order chi connectivity index (χ0) is 14.4. The van der Waals surface area contributed by atoms with Crippen LogP contribution >= 0.6 is 0 Å². The fourth-order valence-corrected chi connectivity index (χ4v) is 2.79. The van der Waals surface area contributed by atoms with Gasteiger partial charge in [-0.1, -0.05) is 42.5 Å². The molecule has 2 aromatic carbocycles. The Kier molecular flexibility index (Phi) is 2.41. The van der Waals surface area contributed by atoms with E-state index in [0.29, 0.717) is 22.5 Å². The number of aliphatic hydroxyl groups is 1. The molecular weight excluding hydrogens is 264 g/mol. The number of allylic oxidation sites excluding steroid dienone is 1. The van der Waals surface area contributed by atoms with Crippen LogP contribution in [0.25, 0.3) is 11.0 Å². The van der Waals surface area contributed by atoms with Crippen molar-refractivity contribution in [1.29, 1.82) is 0 Å². The number of para-hydroxylation sites is 1. The fraction of sp³-hybridized carbons (Fsp3) is 0.0556. The van der Waals surface area contributed by atoms with E-state index in [4.69, 9.17) is 4.42 Å². The van der Waals surface area contributed by atoms with Crippen LogP contribution < -0.4 is 0 Å². The summed E-state index contributed by atoms with van der Waals surface area (Å²) in [7, 11) is 0. The molecule has 4 rings (SSSR count). The second-order valence-electron chi connectivity index (χ2n) is 5.16. The van der Waals surface area contributed by atoms with E-state index < -0.39 is 5.60 Å². The van der Waals surface area contributed by atoms with E-state index in [0.717, 1.165) is 5.39 Å². The van der Waals surface area contributed by atoms with Crippen molar-refractivity contribution in [3.05, 3.63) is 83.6 Å². The summed E-state index contributed by atoms with van der Waals surface area (Å²) < 4.78 is 5.79. The topological polar surface area (TPSA) is 50.4 Å². The van der Waals surface area contributed by atoms with Gasteiger partial charge in [0.1, 0.15) is 11.3 Å². The lowest BCUT2D eigenvalue weighted by atomic mass is 9.82. The van der Waals surface area contributed by atoms with Crippen LogP contribution in [0.1, 0.15) is 21.7 Å². The zero-order valence-electron chi connectivity index (χ0n) is 11.1. The minimum atomic E-state index is -1.41. The van der Waals surface area contributed by atoms with Crippen molar-refractivity contribution < 1.29 is 14.3 Å². The third-order valence-electron chi connectivity index (χ3n) is 3.88. The number of furan rings is 1. The lowest BCUT2D eigenvalue weighted by Gasteiger charge is -2.27. The minimum absolute atomic E-state index is 0.105. The van der Waals surface area contributed by atoms with Crippen molar-refractivity contribution >= 4 is 16.8 Å². The summed E-state index contributed by atoms with van der Waals surface area (Å²) in [6.45, 7) is 0. The van der Waals surface area contributed by atoms with Crippen molar-refractivity contribution in [2.75, 3.05) is 0 Å². The van der Waals surface area contributed by atoms with Gasteiger partial charge in [-0.3, -0.25) is 4.79 Å². The Morgan fingerprint density at radius 2 is 1.76 bits per heavy atom. The molecule has 0 aliphatic heterocycles. The second-order valence-corrected chi connectivity index (χ2v) is 5.16. The average molecular weight is 276 g/mol. The van der Waals surface area contributed by atoms with Gasteiger partial charge in [-0.15, -0.1) is 0 Å². The predicted octanol–water partition coefficient (Wildman–Crippen LogP) is 3.42. The molecule has 0 saturated carbocycles. The molecule has 0 saturated heterocycles. The van der Waals surface area contributed by atoms with Crippen LogP contribution in [-0.2, 0) is 5.60 Å². The van der Waals surface area contributed by atoms with E-state index in [9.17, 15) is 9.90 Å². The first kappa shape index (κ1) is 12.1. The number of hydrogen-bond acceptors (Lipinski definition) is 3. The number of carbonyl (C=O) groups excluding carboxylic acids is 1. The molecule has 21 heavy (non-hydrogen) atoms. The molecule has 3 heteroatoms. The van der Waals surface area contributed by atoms with Gasteiger partial charge in [0.05, 0.1) is 0 Å². The predicted molar refractivity (Wildman–Crippen MR) is 79.1 cm³/mol. The summed E-state index contributed by atoms with van der Waals surface area (Å²) >= 11 is 0. The number of hydrogen-bond donors (Lipinski definition) is 1. The largest absolute Gasteiger partial charge is 0.457 e. The molecule has 1 heterocycles. The monoisotopic (exact) mass is 276 g/mol. The van der Waals surface area contributed by atoms with E-state index in [1.807, 2.05) is 30.3 Å². The molecule has 0 unspecified atom stereocenters. The molecule has 3 nitrogen and oxygen atoms in total. The maximum absolute atomic E-state index is 11.9. The first-order valence-electron chi connectivity index (χ1n) is 6.73. The third-order valence-corrected chi connectivity index (χ3v) is 3.88. The highest BCUT2D eigenvalue weighted by atomic mass is 16.4. The lowest BCUT2D eigenvalue weighted by molar-refractivity contribution is 0.0930. The molecule has 0 bridgehead atoms. The first-order valence-corrected chi connectivity index (χ1v) is 6.73. The molecule has 0 radical (unpaired) electrons. The number of fused-ring (bicyclic) bond motifs is 2. The van der Waals surface area contributed by atoms with Crippen LogP contribution in [0, 0.1) is 0 Å². The highest BCUT2D eigenvalue weighted by Gasteiger charge is 2.38. The van der Waals surface area contributed by atoms with E-state index in [2.05, 4.69) is 0 Å². The van der Waals surface area contributed by atoms with Crippen molar-refractivity contribution in [1.82, 2.24) is 0 Å². The van der Waals surface area contributed by atoms with Gasteiger partial charge in [-0.2, -0.15) is 0 Å².